The Balaban J connectivity index is 2.66. The summed E-state index contributed by atoms with van der Waals surface area (Å²) in [5.41, 5.74) is 0. The summed E-state index contributed by atoms with van der Waals surface area (Å²) in [6.45, 7) is -1.27. The quantitative estimate of drug-likeness (QED) is 0.700. The molecule has 0 spiro atoms. The monoisotopic (exact) mass is 189 g/mol. The fraction of sp³-hybridized carbons (Fsp3) is 0.143. The van der Waals surface area contributed by atoms with E-state index in [0.29, 0.717) is 0 Å². The van der Waals surface area contributed by atoms with E-state index in [1.807, 2.05) is 30.3 Å². The molecule has 4 heteroatoms. The van der Waals surface area contributed by atoms with Crippen LogP contribution in [0.1, 0.15) is 0 Å². The highest BCUT2D eigenvalue weighted by Crippen LogP contribution is 2.62. The van der Waals surface area contributed by atoms with E-state index in [1.165, 1.54) is 6.66 Å². The molecule has 0 saturated heterocycles. The van der Waals surface area contributed by atoms with Gasteiger partial charge in [-0.3, -0.25) is 0 Å². The van der Waals surface area contributed by atoms with Gasteiger partial charge in [-0.05, 0) is 12.1 Å². The summed E-state index contributed by atoms with van der Waals surface area (Å²) in [4.78, 5) is 19.1. The molecule has 0 amide bonds. The Morgan fingerprint density at radius 3 is 2.18 bits per heavy atom. The molecule has 2 nitrogen and oxygen atoms in total. The van der Waals surface area contributed by atoms with Gasteiger partial charge in [-0.2, -0.15) is 0 Å². The van der Waals surface area contributed by atoms with Crippen molar-refractivity contribution in [3.63, 3.8) is 0 Å². The van der Waals surface area contributed by atoms with Crippen LogP contribution in [0.4, 0.5) is 0 Å². The van der Waals surface area contributed by atoms with Crippen molar-refractivity contribution in [3.8, 4) is 0 Å². The van der Waals surface area contributed by atoms with Crippen molar-refractivity contribution in [2.75, 3.05) is 6.66 Å². The molecule has 0 atom stereocenters. The highest BCUT2D eigenvalue weighted by molar-refractivity contribution is 8.58. The molecule has 11 heavy (non-hydrogen) atoms. The largest absolute Gasteiger partial charge is 0.328 e. The van der Waals surface area contributed by atoms with Crippen LogP contribution in [0.5, 0.6) is 0 Å². The second-order valence-electron chi connectivity index (χ2n) is 2.24. The van der Waals surface area contributed by atoms with Crippen molar-refractivity contribution in [2.45, 2.75) is 4.90 Å². The highest BCUT2D eigenvalue weighted by atomic mass is 32.7. The van der Waals surface area contributed by atoms with Crippen LogP contribution >= 0.6 is 18.3 Å². The second-order valence-corrected chi connectivity index (χ2v) is 7.19. The molecule has 0 fully saturated rings. The molecule has 1 aromatic rings. The van der Waals surface area contributed by atoms with Crippen molar-refractivity contribution in [3.05, 3.63) is 30.3 Å². The third kappa shape index (κ3) is 3.73. The van der Waals surface area contributed by atoms with Gasteiger partial charge in [-0.1, -0.05) is 18.2 Å². The van der Waals surface area contributed by atoms with Gasteiger partial charge in [-0.15, -0.1) is 0 Å². The van der Waals surface area contributed by atoms with Gasteiger partial charge in [0.2, 0.25) is 0 Å². The number of rotatable bonds is 2. The van der Waals surface area contributed by atoms with E-state index in [0.717, 1.165) is 16.3 Å². The first-order valence-corrected chi connectivity index (χ1v) is 6.71. The zero-order valence-electron chi connectivity index (χ0n) is 6.14. The molecular formula is C7H10O2PS+. The SMILES string of the molecule is C[P+](O)(O)Sc1ccccc1. The van der Waals surface area contributed by atoms with E-state index in [9.17, 15) is 0 Å². The van der Waals surface area contributed by atoms with Gasteiger partial charge in [0.25, 0.3) is 0 Å². The van der Waals surface area contributed by atoms with Crippen molar-refractivity contribution in [1.29, 1.82) is 0 Å². The lowest BCUT2D eigenvalue weighted by molar-refractivity contribution is 0.483. The summed E-state index contributed by atoms with van der Waals surface area (Å²) in [7, 11) is 0. The summed E-state index contributed by atoms with van der Waals surface area (Å²) >= 11 is 1.12. The minimum atomic E-state index is -2.72. The van der Waals surface area contributed by atoms with Gasteiger partial charge in [0.05, 0.1) is 4.90 Å². The third-order valence-electron chi connectivity index (χ3n) is 1.02. The Bertz CT molecular complexity index is 220. The first kappa shape index (κ1) is 9.01. The normalized spacial score (nSPS) is 11.5. The van der Waals surface area contributed by atoms with E-state index in [4.69, 9.17) is 9.79 Å². The third-order valence-corrected chi connectivity index (χ3v) is 3.52. The molecule has 0 aliphatic rings. The fourth-order valence-corrected chi connectivity index (χ4v) is 2.92. The average Bonchev–Trinajstić information content (AvgIpc) is 1.85. The lowest BCUT2D eigenvalue weighted by Gasteiger charge is -2.02. The summed E-state index contributed by atoms with van der Waals surface area (Å²) in [5.74, 6) is 0. The first-order chi connectivity index (χ1) is 5.08. The van der Waals surface area contributed by atoms with Crippen LogP contribution in [0.25, 0.3) is 0 Å². The maximum absolute atomic E-state index is 9.10. The molecule has 1 rings (SSSR count). The molecule has 0 saturated carbocycles. The smallest absolute Gasteiger partial charge is 0.208 e. The van der Waals surface area contributed by atoms with Crippen LogP contribution in [0.3, 0.4) is 0 Å². The zero-order valence-corrected chi connectivity index (χ0v) is 7.85. The molecule has 0 aliphatic heterocycles. The Hall–Kier alpha value is -0.0800. The number of hydrogen-bond acceptors (Lipinski definition) is 3. The van der Waals surface area contributed by atoms with Crippen LogP contribution < -0.4 is 0 Å². The summed E-state index contributed by atoms with van der Waals surface area (Å²) in [6.07, 6.45) is 0. The minimum absolute atomic E-state index is 0.897. The van der Waals surface area contributed by atoms with Crippen LogP contribution in [0.15, 0.2) is 35.2 Å². The molecular weight excluding hydrogens is 179 g/mol. The molecule has 60 valence electrons. The summed E-state index contributed by atoms with van der Waals surface area (Å²) < 4.78 is 0. The Labute approximate surface area is 70.5 Å². The molecule has 0 heterocycles. The van der Waals surface area contributed by atoms with Gasteiger partial charge in [0.15, 0.2) is 0 Å². The highest BCUT2D eigenvalue weighted by Gasteiger charge is 2.27. The van der Waals surface area contributed by atoms with Crippen LogP contribution in [-0.2, 0) is 0 Å². The van der Waals surface area contributed by atoms with Gasteiger partial charge in [-0.25, -0.2) is 9.79 Å². The molecule has 2 N–H and O–H groups in total. The standard InChI is InChI=1S/C7H10O2PS/c1-10(8,9)11-7-5-3-2-4-6-7/h2-6,8-9H,1H3/q+1. The second kappa shape index (κ2) is 3.55. The van der Waals surface area contributed by atoms with Gasteiger partial charge in [0.1, 0.15) is 18.0 Å². The molecule has 0 bridgehead atoms. The topological polar surface area (TPSA) is 40.5 Å². The maximum Gasteiger partial charge on any atom is 0.328 e. The van der Waals surface area contributed by atoms with Crippen LogP contribution in [0, 0.1) is 0 Å². The average molecular weight is 189 g/mol. The number of benzene rings is 1. The molecule has 0 radical (unpaired) electrons. The van der Waals surface area contributed by atoms with E-state index in [1.54, 1.807) is 0 Å². The van der Waals surface area contributed by atoms with Crippen molar-refractivity contribution >= 4 is 18.3 Å². The summed E-state index contributed by atoms with van der Waals surface area (Å²) in [5, 5.41) is 0. The molecule has 1 aromatic carbocycles. The van der Waals surface area contributed by atoms with Gasteiger partial charge >= 0.3 is 6.92 Å². The van der Waals surface area contributed by atoms with E-state index >= 15 is 0 Å². The van der Waals surface area contributed by atoms with Gasteiger partial charge < -0.3 is 0 Å². The zero-order chi connectivity index (χ0) is 8.32. The lowest BCUT2D eigenvalue weighted by Crippen LogP contribution is -1.79. The van der Waals surface area contributed by atoms with E-state index in [-0.39, 0.29) is 0 Å². The predicted molar refractivity (Wildman–Crippen MR) is 49.6 cm³/mol. The van der Waals surface area contributed by atoms with Crippen molar-refractivity contribution in [2.24, 2.45) is 0 Å². The minimum Gasteiger partial charge on any atom is -0.208 e. The van der Waals surface area contributed by atoms with E-state index < -0.39 is 6.92 Å². The van der Waals surface area contributed by atoms with Crippen LogP contribution in [0.2, 0.25) is 0 Å². The maximum atomic E-state index is 9.10. The molecule has 0 aliphatic carbocycles. The van der Waals surface area contributed by atoms with Gasteiger partial charge in [0, 0.05) is 0 Å². The van der Waals surface area contributed by atoms with Crippen LogP contribution in [-0.4, -0.2) is 16.5 Å². The number of hydrogen-bond donors (Lipinski definition) is 2. The molecule has 0 aromatic heterocycles. The van der Waals surface area contributed by atoms with Crippen molar-refractivity contribution in [1.82, 2.24) is 0 Å². The Kier molecular flexibility index (Phi) is 2.90. The molecule has 0 unspecified atom stereocenters. The Morgan fingerprint density at radius 1 is 1.18 bits per heavy atom. The fourth-order valence-electron chi connectivity index (χ4n) is 0.681. The van der Waals surface area contributed by atoms with Crippen molar-refractivity contribution < 1.29 is 9.79 Å². The summed E-state index contributed by atoms with van der Waals surface area (Å²) in [6, 6.07) is 9.36. The predicted octanol–water partition coefficient (Wildman–Crippen LogP) is 2.16. The first-order valence-electron chi connectivity index (χ1n) is 3.14. The Morgan fingerprint density at radius 2 is 1.73 bits per heavy atom. The van der Waals surface area contributed by atoms with E-state index in [2.05, 4.69) is 0 Å². The lowest BCUT2D eigenvalue weighted by atomic mass is 10.4.